The molecule has 0 radical (unpaired) electrons. The third kappa shape index (κ3) is 2.10. The molecular weight excluding hydrogens is 300 g/mol. The average Bonchev–Trinajstić information content (AvgIpc) is 3.28. The second kappa shape index (κ2) is 5.40. The minimum Gasteiger partial charge on any atom is -0.366 e. The van der Waals surface area contributed by atoms with Gasteiger partial charge in [-0.2, -0.15) is 0 Å². The fourth-order valence-electron chi connectivity index (χ4n) is 3.95. The van der Waals surface area contributed by atoms with Crippen LogP contribution in [-0.2, 0) is 0 Å². The maximum atomic E-state index is 4.53. The molecule has 0 unspecified atom stereocenters. The Morgan fingerprint density at radius 2 is 1.92 bits per heavy atom. The van der Waals surface area contributed by atoms with Crippen LogP contribution in [0.15, 0.2) is 42.9 Å². The Morgan fingerprint density at radius 1 is 1.04 bits per heavy atom. The van der Waals surface area contributed by atoms with E-state index in [2.05, 4.69) is 60.4 Å². The normalized spacial score (nSPS) is 18.0. The largest absolute Gasteiger partial charge is 0.366 e. The van der Waals surface area contributed by atoms with Crippen LogP contribution < -0.4 is 15.1 Å². The van der Waals surface area contributed by atoms with Gasteiger partial charge in [0.15, 0.2) is 0 Å². The van der Waals surface area contributed by atoms with Crippen molar-refractivity contribution in [3.05, 3.63) is 42.9 Å². The Hall–Kier alpha value is -2.76. The number of hydrogen-bond acceptors (Lipinski definition) is 5. The van der Waals surface area contributed by atoms with Crippen molar-refractivity contribution >= 4 is 28.2 Å². The summed E-state index contributed by atoms with van der Waals surface area (Å²) in [6, 6.07) is 11.2. The molecule has 2 aromatic heterocycles. The molecule has 0 amide bonds. The maximum Gasteiger partial charge on any atom is 0.142 e. The average molecular weight is 320 g/mol. The number of aromatic nitrogens is 3. The summed E-state index contributed by atoms with van der Waals surface area (Å²) < 4.78 is 0. The summed E-state index contributed by atoms with van der Waals surface area (Å²) in [6.45, 7) is 2.97. The molecule has 4 heterocycles. The molecule has 1 saturated heterocycles. The molecular formula is C18H20N6. The highest BCUT2D eigenvalue weighted by molar-refractivity contribution is 5.87. The van der Waals surface area contributed by atoms with Crippen molar-refractivity contribution < 1.29 is 0 Å². The summed E-state index contributed by atoms with van der Waals surface area (Å²) in [4.78, 5) is 16.9. The van der Waals surface area contributed by atoms with Gasteiger partial charge in [-0.05, 0) is 31.0 Å². The smallest absolute Gasteiger partial charge is 0.142 e. The Bertz CT molecular complexity index is 865. The number of nitrogens with zero attached hydrogens (tertiary/aromatic N) is 4. The number of nitrogens with one attached hydrogen (secondary N) is 2. The van der Waals surface area contributed by atoms with Crippen molar-refractivity contribution in [3.63, 3.8) is 0 Å². The molecule has 0 bridgehead atoms. The molecule has 1 fully saturated rings. The lowest BCUT2D eigenvalue weighted by atomic mass is 10.0. The molecule has 6 heteroatoms. The number of para-hydroxylation sites is 2. The molecule has 6 nitrogen and oxygen atoms in total. The maximum absolute atomic E-state index is 4.53. The summed E-state index contributed by atoms with van der Waals surface area (Å²) in [5, 5.41) is 4.61. The third-order valence-electron chi connectivity index (χ3n) is 5.19. The molecule has 3 aromatic rings. The Kier molecular flexibility index (Phi) is 3.07. The fraction of sp³-hybridized carbons (Fsp3) is 0.333. The molecule has 122 valence electrons. The van der Waals surface area contributed by atoms with E-state index < -0.39 is 0 Å². The third-order valence-corrected chi connectivity index (χ3v) is 5.19. The van der Waals surface area contributed by atoms with Gasteiger partial charge >= 0.3 is 0 Å². The summed E-state index contributed by atoms with van der Waals surface area (Å²) >= 11 is 0. The van der Waals surface area contributed by atoms with Crippen molar-refractivity contribution in [2.24, 2.45) is 0 Å². The summed E-state index contributed by atoms with van der Waals surface area (Å²) in [6.07, 6.45) is 5.88. The molecule has 0 spiro atoms. The summed E-state index contributed by atoms with van der Waals surface area (Å²) in [5.74, 6) is 1.06. The lowest BCUT2D eigenvalue weighted by Gasteiger charge is -2.38. The van der Waals surface area contributed by atoms with E-state index in [0.717, 1.165) is 49.5 Å². The van der Waals surface area contributed by atoms with Gasteiger partial charge in [0.25, 0.3) is 0 Å². The number of benzene rings is 1. The van der Waals surface area contributed by atoms with Gasteiger partial charge in [0.2, 0.25) is 0 Å². The molecule has 24 heavy (non-hydrogen) atoms. The highest BCUT2D eigenvalue weighted by Crippen LogP contribution is 2.35. The van der Waals surface area contributed by atoms with Crippen LogP contribution in [0.25, 0.3) is 11.0 Å². The molecule has 2 aliphatic rings. The van der Waals surface area contributed by atoms with Gasteiger partial charge in [-0.15, -0.1) is 0 Å². The zero-order valence-corrected chi connectivity index (χ0v) is 13.4. The van der Waals surface area contributed by atoms with Crippen LogP contribution in [0, 0.1) is 0 Å². The van der Waals surface area contributed by atoms with Crippen LogP contribution in [0.2, 0.25) is 0 Å². The van der Waals surface area contributed by atoms with Crippen molar-refractivity contribution in [2.75, 3.05) is 34.9 Å². The van der Waals surface area contributed by atoms with Crippen LogP contribution in [0.4, 0.5) is 17.2 Å². The quantitative estimate of drug-likeness (QED) is 0.760. The van der Waals surface area contributed by atoms with E-state index in [1.54, 1.807) is 6.33 Å². The monoisotopic (exact) mass is 320 g/mol. The molecule has 2 N–H and O–H groups in total. The number of aromatic amines is 1. The Morgan fingerprint density at radius 3 is 2.83 bits per heavy atom. The van der Waals surface area contributed by atoms with Gasteiger partial charge < -0.3 is 20.1 Å². The highest BCUT2D eigenvalue weighted by Gasteiger charge is 2.29. The van der Waals surface area contributed by atoms with Crippen molar-refractivity contribution in [1.82, 2.24) is 15.0 Å². The summed E-state index contributed by atoms with van der Waals surface area (Å²) in [7, 11) is 0. The number of anilines is 3. The first-order valence-corrected chi connectivity index (χ1v) is 8.53. The predicted octanol–water partition coefficient (Wildman–Crippen LogP) is 2.82. The van der Waals surface area contributed by atoms with Gasteiger partial charge in [0.05, 0.1) is 23.4 Å². The first kappa shape index (κ1) is 13.7. The van der Waals surface area contributed by atoms with Crippen LogP contribution in [0.5, 0.6) is 0 Å². The van der Waals surface area contributed by atoms with Gasteiger partial charge in [-0.3, -0.25) is 0 Å². The standard InChI is InChI=1S/C18H20N6/c1-2-4-16-15(3-1)22-12-24(16)13-6-9-23(10-7-13)18-14-5-8-19-17(14)20-11-21-18/h1-5,8,11,13,22H,6-7,9-10,12H2,(H,19,20,21). The van der Waals surface area contributed by atoms with Gasteiger partial charge in [-0.1, -0.05) is 12.1 Å². The molecule has 5 rings (SSSR count). The molecule has 2 aliphatic heterocycles. The van der Waals surface area contributed by atoms with Gasteiger partial charge in [0.1, 0.15) is 17.8 Å². The van der Waals surface area contributed by atoms with Crippen molar-refractivity contribution in [1.29, 1.82) is 0 Å². The van der Waals surface area contributed by atoms with E-state index in [1.165, 1.54) is 11.4 Å². The molecule has 0 saturated carbocycles. The second-order valence-corrected chi connectivity index (χ2v) is 6.48. The topological polar surface area (TPSA) is 60.1 Å². The first-order valence-electron chi connectivity index (χ1n) is 8.53. The lowest BCUT2D eigenvalue weighted by molar-refractivity contribution is 0.474. The van der Waals surface area contributed by atoms with Crippen LogP contribution in [0.1, 0.15) is 12.8 Å². The van der Waals surface area contributed by atoms with Crippen LogP contribution >= 0.6 is 0 Å². The van der Waals surface area contributed by atoms with E-state index in [0.29, 0.717) is 6.04 Å². The lowest BCUT2D eigenvalue weighted by Crippen LogP contribution is -2.45. The van der Waals surface area contributed by atoms with Gasteiger partial charge in [0, 0.05) is 25.3 Å². The number of H-pyrrole nitrogens is 1. The zero-order chi connectivity index (χ0) is 15.9. The number of fused-ring (bicyclic) bond motifs is 2. The van der Waals surface area contributed by atoms with E-state index >= 15 is 0 Å². The van der Waals surface area contributed by atoms with E-state index in [9.17, 15) is 0 Å². The Labute approximate surface area is 140 Å². The van der Waals surface area contributed by atoms with Gasteiger partial charge in [-0.25, -0.2) is 9.97 Å². The van der Waals surface area contributed by atoms with Crippen molar-refractivity contribution in [2.45, 2.75) is 18.9 Å². The first-order chi connectivity index (χ1) is 11.9. The zero-order valence-electron chi connectivity index (χ0n) is 13.4. The molecule has 0 aliphatic carbocycles. The van der Waals surface area contributed by atoms with Crippen LogP contribution in [-0.4, -0.2) is 40.8 Å². The fourth-order valence-corrected chi connectivity index (χ4v) is 3.95. The number of rotatable bonds is 2. The minimum absolute atomic E-state index is 0.584. The molecule has 0 atom stereocenters. The van der Waals surface area contributed by atoms with Crippen molar-refractivity contribution in [3.8, 4) is 0 Å². The van der Waals surface area contributed by atoms with E-state index in [4.69, 9.17) is 0 Å². The van der Waals surface area contributed by atoms with E-state index in [-0.39, 0.29) is 0 Å². The Balaban J connectivity index is 1.34. The summed E-state index contributed by atoms with van der Waals surface area (Å²) in [5.41, 5.74) is 3.51. The highest BCUT2D eigenvalue weighted by atomic mass is 15.3. The number of hydrogen-bond donors (Lipinski definition) is 2. The minimum atomic E-state index is 0.584. The predicted molar refractivity (Wildman–Crippen MR) is 96.5 cm³/mol. The molecule has 1 aromatic carbocycles. The van der Waals surface area contributed by atoms with E-state index in [1.807, 2.05) is 6.20 Å². The van der Waals surface area contributed by atoms with Crippen LogP contribution in [0.3, 0.4) is 0 Å². The number of piperidine rings is 1. The SMILES string of the molecule is c1ccc2c(c1)NCN2C1CCN(c2ncnc3[nH]ccc23)CC1. The second-order valence-electron chi connectivity index (χ2n) is 6.48.